The smallest absolute Gasteiger partial charge is 0.488 e. The first-order chi connectivity index (χ1) is 16.9. The molecule has 8 nitrogen and oxygen atoms in total. The van der Waals surface area contributed by atoms with Gasteiger partial charge in [-0.3, -0.25) is 14.5 Å². The number of anilines is 1. The van der Waals surface area contributed by atoms with Gasteiger partial charge in [-0.05, 0) is 79.0 Å². The molecule has 0 spiro atoms. The van der Waals surface area contributed by atoms with E-state index in [-0.39, 0.29) is 34.6 Å². The van der Waals surface area contributed by atoms with Gasteiger partial charge < -0.3 is 25.0 Å². The first-order valence-corrected chi connectivity index (χ1v) is 12.5. The molecule has 0 radical (unpaired) electrons. The SMILES string of the molecule is Cc1cc([C@@H]2C[C@H]3[C@H]4C(=O)N(c5cccc(B(O)O)c5)C(=O)[C@H]4C[C@H](C(C)C)[C@@]3(O)O2)cc(C)c1O. The van der Waals surface area contributed by atoms with Gasteiger partial charge >= 0.3 is 7.12 Å². The van der Waals surface area contributed by atoms with E-state index in [4.69, 9.17) is 4.74 Å². The van der Waals surface area contributed by atoms with Gasteiger partial charge in [0.15, 0.2) is 5.79 Å². The van der Waals surface area contributed by atoms with Crippen molar-refractivity contribution in [2.24, 2.45) is 29.6 Å². The van der Waals surface area contributed by atoms with E-state index in [9.17, 15) is 29.9 Å². The normalized spacial score (nSPS) is 31.7. The molecular formula is C27H32BNO7. The molecule has 190 valence electrons. The number of aryl methyl sites for hydroxylation is 2. The average molecular weight is 493 g/mol. The van der Waals surface area contributed by atoms with Crippen LogP contribution in [0.15, 0.2) is 36.4 Å². The number of rotatable bonds is 4. The van der Waals surface area contributed by atoms with Crippen LogP contribution in [0.2, 0.25) is 0 Å². The number of amides is 2. The number of benzene rings is 2. The maximum Gasteiger partial charge on any atom is 0.488 e. The average Bonchev–Trinajstić information content (AvgIpc) is 3.30. The molecule has 0 aromatic heterocycles. The maximum atomic E-state index is 13.8. The Kier molecular flexibility index (Phi) is 6.03. The molecule has 6 atom stereocenters. The molecule has 1 aliphatic carbocycles. The van der Waals surface area contributed by atoms with Gasteiger partial charge in [-0.1, -0.05) is 26.0 Å². The summed E-state index contributed by atoms with van der Waals surface area (Å²) in [4.78, 5) is 28.5. The zero-order valence-corrected chi connectivity index (χ0v) is 20.9. The van der Waals surface area contributed by atoms with Gasteiger partial charge in [0.25, 0.3) is 0 Å². The van der Waals surface area contributed by atoms with Crippen LogP contribution >= 0.6 is 0 Å². The fraction of sp³-hybridized carbons (Fsp3) is 0.481. The summed E-state index contributed by atoms with van der Waals surface area (Å²) in [6.07, 6.45) is 0.203. The van der Waals surface area contributed by atoms with Gasteiger partial charge in [-0.25, -0.2) is 0 Å². The van der Waals surface area contributed by atoms with Gasteiger partial charge in [-0.2, -0.15) is 0 Å². The number of nitrogens with zero attached hydrogens (tertiary/aromatic N) is 1. The fourth-order valence-corrected chi connectivity index (χ4v) is 6.63. The summed E-state index contributed by atoms with van der Waals surface area (Å²) in [6, 6.07) is 9.80. The second-order valence-electron chi connectivity index (χ2n) is 10.9. The second-order valence-corrected chi connectivity index (χ2v) is 10.9. The summed E-state index contributed by atoms with van der Waals surface area (Å²) in [5.41, 5.74) is 2.70. The lowest BCUT2D eigenvalue weighted by Crippen LogP contribution is -2.55. The minimum absolute atomic E-state index is 0.00491. The Labute approximate surface area is 210 Å². The van der Waals surface area contributed by atoms with Gasteiger partial charge in [0.1, 0.15) is 5.75 Å². The number of phenols is 1. The van der Waals surface area contributed by atoms with E-state index in [1.54, 1.807) is 12.1 Å². The minimum atomic E-state index is -1.73. The summed E-state index contributed by atoms with van der Waals surface area (Å²) in [6.45, 7) is 7.58. The van der Waals surface area contributed by atoms with E-state index in [0.717, 1.165) is 10.5 Å². The van der Waals surface area contributed by atoms with Crippen LogP contribution in [-0.2, 0) is 14.3 Å². The lowest BCUT2D eigenvalue weighted by molar-refractivity contribution is -0.276. The van der Waals surface area contributed by atoms with E-state index in [0.29, 0.717) is 24.0 Å². The van der Waals surface area contributed by atoms with E-state index >= 15 is 0 Å². The number of aromatic hydroxyl groups is 1. The fourth-order valence-electron chi connectivity index (χ4n) is 6.63. The highest BCUT2D eigenvalue weighted by atomic mass is 16.6. The zero-order valence-electron chi connectivity index (χ0n) is 20.9. The predicted octanol–water partition coefficient (Wildman–Crippen LogP) is 1.94. The number of fused-ring (bicyclic) bond motifs is 3. The molecule has 5 rings (SSSR count). The molecule has 36 heavy (non-hydrogen) atoms. The summed E-state index contributed by atoms with van der Waals surface area (Å²) < 4.78 is 6.37. The molecule has 2 saturated heterocycles. The summed E-state index contributed by atoms with van der Waals surface area (Å²) in [7, 11) is -1.73. The van der Waals surface area contributed by atoms with E-state index < -0.39 is 42.7 Å². The monoisotopic (exact) mass is 493 g/mol. The quantitative estimate of drug-likeness (QED) is 0.379. The van der Waals surface area contributed by atoms with Crippen molar-refractivity contribution in [2.75, 3.05) is 4.90 Å². The van der Waals surface area contributed by atoms with Crippen LogP contribution in [0.3, 0.4) is 0 Å². The van der Waals surface area contributed by atoms with Crippen molar-refractivity contribution in [1.29, 1.82) is 0 Å². The van der Waals surface area contributed by atoms with Crippen LogP contribution in [0, 0.1) is 43.4 Å². The van der Waals surface area contributed by atoms with Gasteiger partial charge in [0.05, 0.1) is 23.6 Å². The third-order valence-electron chi connectivity index (χ3n) is 8.40. The molecular weight excluding hydrogens is 461 g/mol. The van der Waals surface area contributed by atoms with Crippen LogP contribution in [0.1, 0.15) is 49.5 Å². The molecule has 0 bridgehead atoms. The highest BCUT2D eigenvalue weighted by molar-refractivity contribution is 6.58. The molecule has 9 heteroatoms. The number of ether oxygens (including phenoxy) is 1. The third-order valence-corrected chi connectivity index (χ3v) is 8.40. The Hall–Kier alpha value is -2.72. The molecule has 0 unspecified atom stereocenters. The Morgan fingerprint density at radius 2 is 1.72 bits per heavy atom. The highest BCUT2D eigenvalue weighted by Gasteiger charge is 2.67. The Morgan fingerprint density at radius 3 is 2.33 bits per heavy atom. The maximum absolute atomic E-state index is 13.8. The van der Waals surface area contributed by atoms with Crippen LogP contribution in [0.4, 0.5) is 5.69 Å². The van der Waals surface area contributed by atoms with Crippen molar-refractivity contribution in [3.8, 4) is 5.75 Å². The van der Waals surface area contributed by atoms with Crippen molar-refractivity contribution in [2.45, 2.75) is 52.4 Å². The Balaban J connectivity index is 1.54. The van der Waals surface area contributed by atoms with Crippen molar-refractivity contribution in [1.82, 2.24) is 0 Å². The van der Waals surface area contributed by atoms with Crippen molar-refractivity contribution < 1.29 is 34.6 Å². The largest absolute Gasteiger partial charge is 0.507 e. The van der Waals surface area contributed by atoms with Crippen LogP contribution < -0.4 is 10.4 Å². The molecule has 2 amide bonds. The summed E-state index contributed by atoms with van der Waals surface area (Å²) in [5.74, 6) is -4.36. The molecule has 2 aliphatic heterocycles. The van der Waals surface area contributed by atoms with Crippen LogP contribution in [0.5, 0.6) is 5.75 Å². The lowest BCUT2D eigenvalue weighted by Gasteiger charge is -2.46. The summed E-state index contributed by atoms with van der Waals surface area (Å²) >= 11 is 0. The van der Waals surface area contributed by atoms with Crippen LogP contribution in [-0.4, -0.2) is 45.0 Å². The van der Waals surface area contributed by atoms with Crippen molar-refractivity contribution in [3.05, 3.63) is 53.1 Å². The number of aliphatic hydroxyl groups is 1. The second kappa shape index (κ2) is 8.69. The van der Waals surface area contributed by atoms with Gasteiger partial charge in [-0.15, -0.1) is 0 Å². The number of carbonyl (C=O) groups excluding carboxylic acids is 2. The third kappa shape index (κ3) is 3.68. The minimum Gasteiger partial charge on any atom is -0.507 e. The zero-order chi connectivity index (χ0) is 26.1. The van der Waals surface area contributed by atoms with E-state index in [2.05, 4.69) is 0 Å². The van der Waals surface area contributed by atoms with Gasteiger partial charge in [0, 0.05) is 11.8 Å². The molecule has 1 saturated carbocycles. The summed E-state index contributed by atoms with van der Waals surface area (Å²) in [5, 5.41) is 41.3. The van der Waals surface area contributed by atoms with Crippen molar-refractivity contribution >= 4 is 30.1 Å². The number of carbonyl (C=O) groups is 2. The van der Waals surface area contributed by atoms with E-state index in [1.807, 2.05) is 39.8 Å². The molecule has 2 heterocycles. The molecule has 4 N–H and O–H groups in total. The highest BCUT2D eigenvalue weighted by Crippen LogP contribution is 2.60. The van der Waals surface area contributed by atoms with Crippen molar-refractivity contribution in [3.63, 3.8) is 0 Å². The van der Waals surface area contributed by atoms with E-state index in [1.165, 1.54) is 12.1 Å². The standard InChI is InChI=1S/C27H32BNO7/c1-13(2)20-11-19-23(26(32)29(25(19)31)18-7-5-6-17(10-18)28(34)35)21-12-22(36-27(20,21)33)16-8-14(3)24(30)15(4)9-16/h5-10,13,19-23,30,33-35H,11-12H2,1-4H3/t19-,20+,21-,22-,23-,27+/m0/s1. The number of hydrogen-bond acceptors (Lipinski definition) is 7. The van der Waals surface area contributed by atoms with Crippen LogP contribution in [0.25, 0.3) is 0 Å². The number of phenolic OH excluding ortho intramolecular Hbond substituents is 1. The number of imide groups is 1. The first kappa shape index (κ1) is 25.0. The molecule has 2 aromatic carbocycles. The topological polar surface area (TPSA) is 128 Å². The lowest BCUT2D eigenvalue weighted by atomic mass is 9.62. The first-order valence-electron chi connectivity index (χ1n) is 12.5. The molecule has 3 aliphatic rings. The predicted molar refractivity (Wildman–Crippen MR) is 133 cm³/mol. The molecule has 3 fully saturated rings. The molecule has 2 aromatic rings. The Bertz CT molecular complexity index is 1210. The Morgan fingerprint density at radius 1 is 1.06 bits per heavy atom. The number of hydrogen-bond donors (Lipinski definition) is 4. The van der Waals surface area contributed by atoms with Gasteiger partial charge in [0.2, 0.25) is 11.8 Å².